The first kappa shape index (κ1) is 21.8. The van der Waals surface area contributed by atoms with Crippen LogP contribution < -0.4 is 10.2 Å². The van der Waals surface area contributed by atoms with Crippen LogP contribution in [0.15, 0.2) is 43.0 Å². The third kappa shape index (κ3) is 4.74. The molecule has 2 aromatic heterocycles. The molecule has 3 heterocycles. The Morgan fingerprint density at radius 1 is 1.16 bits per heavy atom. The second kappa shape index (κ2) is 8.61. The fourth-order valence-corrected chi connectivity index (χ4v) is 3.96. The van der Waals surface area contributed by atoms with Crippen LogP contribution in [0.1, 0.15) is 61.3 Å². The normalized spacial score (nSPS) is 15.1. The van der Waals surface area contributed by atoms with E-state index in [4.69, 9.17) is 0 Å². The summed E-state index contributed by atoms with van der Waals surface area (Å²) in [6.07, 6.45) is 7.47. The van der Waals surface area contributed by atoms with Crippen molar-refractivity contribution in [1.82, 2.24) is 19.5 Å². The van der Waals surface area contributed by atoms with Crippen molar-refractivity contribution in [3.63, 3.8) is 0 Å². The number of aromatic carboxylic acids is 1. The van der Waals surface area contributed by atoms with Crippen molar-refractivity contribution in [3.8, 4) is 0 Å². The Hall–Kier alpha value is -3.42. The lowest BCUT2D eigenvalue weighted by Crippen LogP contribution is -2.36. The van der Waals surface area contributed by atoms with Crippen LogP contribution in [0.25, 0.3) is 0 Å². The number of aromatic nitrogens is 4. The van der Waals surface area contributed by atoms with Crippen molar-refractivity contribution in [3.05, 3.63) is 59.8 Å². The van der Waals surface area contributed by atoms with Gasteiger partial charge in [0.15, 0.2) is 5.69 Å². The SMILES string of the molecule is Cc1ccc(C(C)(C)C)cc1Nc1cc(C(=O)O)nc(N2CCC(n3ccnc3)CC2)n1. The van der Waals surface area contributed by atoms with Gasteiger partial charge < -0.3 is 19.9 Å². The maximum absolute atomic E-state index is 11.8. The molecular weight excluding hydrogens is 404 g/mol. The molecule has 1 saturated heterocycles. The zero-order chi connectivity index (χ0) is 22.9. The molecule has 0 spiro atoms. The number of rotatable bonds is 5. The zero-order valence-electron chi connectivity index (χ0n) is 19.0. The smallest absolute Gasteiger partial charge is 0.354 e. The molecule has 1 aliphatic rings. The molecular formula is C24H30N6O2. The molecule has 32 heavy (non-hydrogen) atoms. The van der Waals surface area contributed by atoms with Gasteiger partial charge in [-0.3, -0.25) is 0 Å². The van der Waals surface area contributed by atoms with Crippen LogP contribution in [-0.4, -0.2) is 43.7 Å². The Morgan fingerprint density at radius 3 is 2.53 bits per heavy atom. The molecule has 4 rings (SSSR count). The summed E-state index contributed by atoms with van der Waals surface area (Å²) >= 11 is 0. The van der Waals surface area contributed by atoms with Gasteiger partial charge in [-0.05, 0) is 42.4 Å². The molecule has 1 fully saturated rings. The second-order valence-corrected chi connectivity index (χ2v) is 9.38. The first-order chi connectivity index (χ1) is 15.2. The highest BCUT2D eigenvalue weighted by Gasteiger charge is 2.24. The van der Waals surface area contributed by atoms with E-state index >= 15 is 0 Å². The number of benzene rings is 1. The standard InChI is InChI=1S/C24H30N6O2/c1-16-5-6-17(24(2,3)4)13-19(16)26-21-14-20(22(31)32)27-23(28-21)29-10-7-18(8-11-29)30-12-9-25-15-30/h5-6,9,12-15,18H,7-8,10-11H2,1-4H3,(H,31,32)(H,26,27,28). The minimum atomic E-state index is -1.06. The predicted molar refractivity (Wildman–Crippen MR) is 125 cm³/mol. The summed E-state index contributed by atoms with van der Waals surface area (Å²) in [7, 11) is 0. The molecule has 8 nitrogen and oxygen atoms in total. The van der Waals surface area contributed by atoms with E-state index in [-0.39, 0.29) is 11.1 Å². The molecule has 168 valence electrons. The van der Waals surface area contributed by atoms with Crippen LogP contribution in [0.4, 0.5) is 17.5 Å². The molecule has 1 aromatic carbocycles. The number of piperidine rings is 1. The van der Waals surface area contributed by atoms with Crippen LogP contribution in [0.2, 0.25) is 0 Å². The minimum absolute atomic E-state index is 0.00671. The average Bonchev–Trinajstić information content (AvgIpc) is 3.29. The third-order valence-electron chi connectivity index (χ3n) is 5.99. The molecule has 0 unspecified atom stereocenters. The Morgan fingerprint density at radius 2 is 1.91 bits per heavy atom. The molecule has 8 heteroatoms. The van der Waals surface area contributed by atoms with Gasteiger partial charge >= 0.3 is 5.97 Å². The van der Waals surface area contributed by atoms with Crippen LogP contribution in [-0.2, 0) is 5.41 Å². The van der Waals surface area contributed by atoms with Crippen molar-refractivity contribution in [1.29, 1.82) is 0 Å². The van der Waals surface area contributed by atoms with Crippen molar-refractivity contribution >= 4 is 23.4 Å². The highest BCUT2D eigenvalue weighted by atomic mass is 16.4. The number of nitrogens with one attached hydrogen (secondary N) is 1. The van der Waals surface area contributed by atoms with Crippen molar-refractivity contribution in [2.75, 3.05) is 23.3 Å². The Balaban J connectivity index is 1.59. The third-order valence-corrected chi connectivity index (χ3v) is 5.99. The van der Waals surface area contributed by atoms with Gasteiger partial charge in [0.2, 0.25) is 5.95 Å². The largest absolute Gasteiger partial charge is 0.477 e. The van der Waals surface area contributed by atoms with Crippen LogP contribution in [0, 0.1) is 6.92 Å². The van der Waals surface area contributed by atoms with Gasteiger partial charge in [-0.25, -0.2) is 14.8 Å². The fourth-order valence-electron chi connectivity index (χ4n) is 3.96. The van der Waals surface area contributed by atoms with E-state index < -0.39 is 5.97 Å². The van der Waals surface area contributed by atoms with E-state index in [0.29, 0.717) is 17.8 Å². The lowest BCUT2D eigenvalue weighted by molar-refractivity contribution is 0.0690. The summed E-state index contributed by atoms with van der Waals surface area (Å²) in [5, 5.41) is 13.0. The summed E-state index contributed by atoms with van der Waals surface area (Å²) in [6, 6.07) is 8.18. The van der Waals surface area contributed by atoms with Crippen LogP contribution >= 0.6 is 0 Å². The van der Waals surface area contributed by atoms with Gasteiger partial charge in [-0.15, -0.1) is 0 Å². The first-order valence-electron chi connectivity index (χ1n) is 10.9. The van der Waals surface area contributed by atoms with Crippen molar-refractivity contribution < 1.29 is 9.90 Å². The number of nitrogens with zero attached hydrogens (tertiary/aromatic N) is 5. The van der Waals surface area contributed by atoms with Crippen molar-refractivity contribution in [2.45, 2.75) is 52.0 Å². The molecule has 0 amide bonds. The van der Waals surface area contributed by atoms with E-state index in [9.17, 15) is 9.90 Å². The van der Waals surface area contributed by atoms with E-state index in [2.05, 4.69) is 68.7 Å². The number of carboxylic acids is 1. The minimum Gasteiger partial charge on any atom is -0.477 e. The molecule has 0 aliphatic carbocycles. The van der Waals surface area contributed by atoms with Crippen LogP contribution in [0.5, 0.6) is 0 Å². The number of carbonyl (C=O) groups is 1. The van der Waals surface area contributed by atoms with Gasteiger partial charge in [-0.2, -0.15) is 4.98 Å². The monoisotopic (exact) mass is 434 g/mol. The van der Waals surface area contributed by atoms with Gasteiger partial charge in [0.05, 0.1) is 6.33 Å². The quantitative estimate of drug-likeness (QED) is 0.607. The fraction of sp³-hybridized carbons (Fsp3) is 0.417. The molecule has 0 bridgehead atoms. The number of aryl methyl sites for hydroxylation is 1. The number of hydrogen-bond donors (Lipinski definition) is 2. The van der Waals surface area contributed by atoms with Crippen molar-refractivity contribution in [2.24, 2.45) is 0 Å². The molecule has 3 aromatic rings. The summed E-state index contributed by atoms with van der Waals surface area (Å²) in [5.41, 5.74) is 3.17. The van der Waals surface area contributed by atoms with Gasteiger partial charge in [0, 0.05) is 43.3 Å². The Kier molecular flexibility index (Phi) is 5.86. The number of imidazole rings is 1. The topological polar surface area (TPSA) is 96.2 Å². The zero-order valence-corrected chi connectivity index (χ0v) is 19.0. The Bertz CT molecular complexity index is 1100. The molecule has 0 atom stereocenters. The van der Waals surface area contributed by atoms with E-state index in [1.807, 2.05) is 19.4 Å². The second-order valence-electron chi connectivity index (χ2n) is 9.38. The summed E-state index contributed by atoms with van der Waals surface area (Å²) < 4.78 is 2.13. The number of hydrogen-bond acceptors (Lipinski definition) is 6. The summed E-state index contributed by atoms with van der Waals surface area (Å²) in [4.78, 5) is 26.9. The van der Waals surface area contributed by atoms with Gasteiger partial charge in [0.1, 0.15) is 5.82 Å². The van der Waals surface area contributed by atoms with E-state index in [1.165, 1.54) is 11.6 Å². The number of anilines is 3. The molecule has 1 aliphatic heterocycles. The van der Waals surface area contributed by atoms with Gasteiger partial charge in [0.25, 0.3) is 0 Å². The molecule has 0 saturated carbocycles. The summed E-state index contributed by atoms with van der Waals surface area (Å²) in [6.45, 7) is 10.0. The molecule has 0 radical (unpaired) electrons. The number of carboxylic acid groups (broad SMARTS) is 1. The highest BCUT2D eigenvalue weighted by Crippen LogP contribution is 2.30. The highest BCUT2D eigenvalue weighted by molar-refractivity contribution is 5.87. The lowest BCUT2D eigenvalue weighted by Gasteiger charge is -2.32. The lowest BCUT2D eigenvalue weighted by atomic mass is 9.86. The first-order valence-corrected chi connectivity index (χ1v) is 10.9. The van der Waals surface area contributed by atoms with Crippen LogP contribution in [0.3, 0.4) is 0 Å². The maximum Gasteiger partial charge on any atom is 0.354 e. The Labute approximate surface area is 188 Å². The summed E-state index contributed by atoms with van der Waals surface area (Å²) in [5.74, 6) is -0.135. The predicted octanol–water partition coefficient (Wildman–Crippen LogP) is 4.56. The van der Waals surface area contributed by atoms with E-state index in [1.54, 1.807) is 6.20 Å². The average molecular weight is 435 g/mol. The molecule has 2 N–H and O–H groups in total. The van der Waals surface area contributed by atoms with E-state index in [0.717, 1.165) is 37.2 Å². The van der Waals surface area contributed by atoms with Gasteiger partial charge in [-0.1, -0.05) is 32.9 Å². The maximum atomic E-state index is 11.8.